The summed E-state index contributed by atoms with van der Waals surface area (Å²) < 4.78 is 1.87. The fourth-order valence-corrected chi connectivity index (χ4v) is 1.95. The van der Waals surface area contributed by atoms with Gasteiger partial charge in [0.25, 0.3) is 0 Å². The molecule has 2 aromatic rings. The predicted octanol–water partition coefficient (Wildman–Crippen LogP) is 3.09. The van der Waals surface area contributed by atoms with Gasteiger partial charge in [0, 0.05) is 31.9 Å². The second kappa shape index (κ2) is 6.63. The molecule has 0 fully saturated rings. The van der Waals surface area contributed by atoms with E-state index in [-0.39, 0.29) is 6.03 Å². The molecule has 0 aliphatic carbocycles. The highest BCUT2D eigenvalue weighted by Crippen LogP contribution is 2.24. The maximum atomic E-state index is 11.7. The van der Waals surface area contributed by atoms with Crippen LogP contribution in [0, 0.1) is 0 Å². The normalized spacial score (nSPS) is 10.3. The van der Waals surface area contributed by atoms with Crippen molar-refractivity contribution in [3.05, 3.63) is 46.5 Å². The molecule has 5 nitrogen and oxygen atoms in total. The minimum absolute atomic E-state index is 0.292. The maximum absolute atomic E-state index is 11.7. The number of nitrogens with one attached hydrogen (secondary N) is 2. The number of halogens is 2. The van der Waals surface area contributed by atoms with E-state index in [0.29, 0.717) is 28.7 Å². The molecule has 0 spiro atoms. The van der Waals surface area contributed by atoms with E-state index in [2.05, 4.69) is 15.6 Å². The first-order valence-corrected chi connectivity index (χ1v) is 6.77. The molecule has 7 heteroatoms. The molecule has 0 saturated heterocycles. The van der Waals surface area contributed by atoms with Crippen LogP contribution in [-0.2, 0) is 13.5 Å². The largest absolute Gasteiger partial charge is 0.340 e. The first kappa shape index (κ1) is 14.7. The Hall–Kier alpha value is -1.72. The molecule has 0 aliphatic heterocycles. The Bertz CT molecular complexity index is 612. The van der Waals surface area contributed by atoms with Crippen molar-refractivity contribution in [2.24, 2.45) is 7.05 Å². The van der Waals surface area contributed by atoms with E-state index in [9.17, 15) is 4.79 Å². The number of amides is 2. The van der Waals surface area contributed by atoms with Gasteiger partial charge in [-0.2, -0.15) is 0 Å². The molecule has 0 atom stereocenters. The molecule has 2 N–H and O–H groups in total. The van der Waals surface area contributed by atoms with Crippen LogP contribution >= 0.6 is 23.2 Å². The number of nitrogens with zero attached hydrogens (tertiary/aromatic N) is 2. The SMILES string of the molecule is Cn1cnc(CCNC(=O)Nc2ccc(Cl)c(Cl)c2)c1. The number of aryl methyl sites for hydroxylation is 1. The first-order valence-electron chi connectivity index (χ1n) is 6.01. The van der Waals surface area contributed by atoms with Gasteiger partial charge in [0.15, 0.2) is 0 Å². The topological polar surface area (TPSA) is 59.0 Å². The van der Waals surface area contributed by atoms with Gasteiger partial charge in [-0.25, -0.2) is 9.78 Å². The highest BCUT2D eigenvalue weighted by atomic mass is 35.5. The fourth-order valence-electron chi connectivity index (χ4n) is 1.65. The number of imidazole rings is 1. The summed E-state index contributed by atoms with van der Waals surface area (Å²) in [5.41, 5.74) is 1.53. The number of carbonyl (C=O) groups is 1. The molecule has 20 heavy (non-hydrogen) atoms. The highest BCUT2D eigenvalue weighted by molar-refractivity contribution is 6.42. The Labute approximate surface area is 126 Å². The molecule has 1 aromatic carbocycles. The predicted molar refractivity (Wildman–Crippen MR) is 80.4 cm³/mol. The molecule has 106 valence electrons. The third-order valence-corrected chi connectivity index (χ3v) is 3.34. The minimum Gasteiger partial charge on any atom is -0.340 e. The molecule has 1 aromatic heterocycles. The third-order valence-electron chi connectivity index (χ3n) is 2.60. The van der Waals surface area contributed by atoms with Gasteiger partial charge in [-0.1, -0.05) is 23.2 Å². The summed E-state index contributed by atoms with van der Waals surface area (Å²) >= 11 is 11.7. The molecule has 2 rings (SSSR count). The van der Waals surface area contributed by atoms with E-state index >= 15 is 0 Å². The Morgan fingerprint density at radius 3 is 2.80 bits per heavy atom. The third kappa shape index (κ3) is 4.15. The van der Waals surface area contributed by atoms with Crippen LogP contribution in [0.5, 0.6) is 0 Å². The number of aromatic nitrogens is 2. The van der Waals surface area contributed by atoms with Crippen LogP contribution < -0.4 is 10.6 Å². The maximum Gasteiger partial charge on any atom is 0.319 e. The number of rotatable bonds is 4. The van der Waals surface area contributed by atoms with Gasteiger partial charge in [0.1, 0.15) is 0 Å². The number of hydrogen-bond acceptors (Lipinski definition) is 2. The molecular formula is C13H14Cl2N4O. The van der Waals surface area contributed by atoms with Gasteiger partial charge in [-0.15, -0.1) is 0 Å². The molecule has 0 bridgehead atoms. The molecule has 0 saturated carbocycles. The van der Waals surface area contributed by atoms with Crippen molar-refractivity contribution in [2.45, 2.75) is 6.42 Å². The molecule has 2 amide bonds. The number of anilines is 1. The Morgan fingerprint density at radius 1 is 1.35 bits per heavy atom. The average Bonchev–Trinajstić information content (AvgIpc) is 2.80. The second-order valence-corrected chi connectivity index (χ2v) is 5.10. The number of benzene rings is 1. The Kier molecular flexibility index (Phi) is 4.87. The Morgan fingerprint density at radius 2 is 2.15 bits per heavy atom. The van der Waals surface area contributed by atoms with Gasteiger partial charge in [-0.3, -0.25) is 0 Å². The van der Waals surface area contributed by atoms with Crippen molar-refractivity contribution in [3.8, 4) is 0 Å². The number of carbonyl (C=O) groups excluding carboxylic acids is 1. The standard InChI is InChI=1S/C13H14Cl2N4O/c1-19-7-10(17-8-19)4-5-16-13(20)18-9-2-3-11(14)12(15)6-9/h2-3,6-8H,4-5H2,1H3,(H2,16,18,20). The summed E-state index contributed by atoms with van der Waals surface area (Å²) in [6, 6.07) is 4.63. The van der Waals surface area contributed by atoms with E-state index < -0.39 is 0 Å². The molecular weight excluding hydrogens is 299 g/mol. The lowest BCUT2D eigenvalue weighted by atomic mass is 10.3. The zero-order valence-corrected chi connectivity index (χ0v) is 12.4. The lowest BCUT2D eigenvalue weighted by molar-refractivity contribution is 0.252. The van der Waals surface area contributed by atoms with Crippen molar-refractivity contribution >= 4 is 34.9 Å². The summed E-state index contributed by atoms with van der Waals surface area (Å²) in [5.74, 6) is 0. The van der Waals surface area contributed by atoms with Crippen molar-refractivity contribution in [1.82, 2.24) is 14.9 Å². The van der Waals surface area contributed by atoms with Crippen LogP contribution in [0.15, 0.2) is 30.7 Å². The van der Waals surface area contributed by atoms with Crippen molar-refractivity contribution in [1.29, 1.82) is 0 Å². The van der Waals surface area contributed by atoms with Gasteiger partial charge >= 0.3 is 6.03 Å². The average molecular weight is 313 g/mol. The fraction of sp³-hybridized carbons (Fsp3) is 0.231. The summed E-state index contributed by atoms with van der Waals surface area (Å²) in [6.07, 6.45) is 4.32. The van der Waals surface area contributed by atoms with E-state index in [4.69, 9.17) is 23.2 Å². The zero-order valence-electron chi connectivity index (χ0n) is 10.9. The van der Waals surface area contributed by atoms with Crippen LogP contribution in [0.3, 0.4) is 0 Å². The van der Waals surface area contributed by atoms with Gasteiger partial charge in [-0.05, 0) is 18.2 Å². The molecule has 0 radical (unpaired) electrons. The summed E-state index contributed by atoms with van der Waals surface area (Å²) in [6.45, 7) is 0.504. The Balaban J connectivity index is 1.79. The highest BCUT2D eigenvalue weighted by Gasteiger charge is 2.04. The molecule has 0 aliphatic rings. The van der Waals surface area contributed by atoms with Crippen molar-refractivity contribution in [3.63, 3.8) is 0 Å². The zero-order chi connectivity index (χ0) is 14.5. The van der Waals surface area contributed by atoms with E-state index in [0.717, 1.165) is 5.69 Å². The lowest BCUT2D eigenvalue weighted by Crippen LogP contribution is -2.30. The second-order valence-electron chi connectivity index (χ2n) is 4.29. The van der Waals surface area contributed by atoms with Gasteiger partial charge < -0.3 is 15.2 Å². The molecule has 0 unspecified atom stereocenters. The van der Waals surface area contributed by atoms with Crippen LogP contribution in [-0.4, -0.2) is 22.1 Å². The summed E-state index contributed by atoms with van der Waals surface area (Å²) in [5, 5.41) is 6.28. The molecule has 1 heterocycles. The van der Waals surface area contributed by atoms with Crippen LogP contribution in [0.4, 0.5) is 10.5 Å². The van der Waals surface area contributed by atoms with Gasteiger partial charge in [0.2, 0.25) is 0 Å². The summed E-state index contributed by atoms with van der Waals surface area (Å²) in [4.78, 5) is 15.9. The van der Waals surface area contributed by atoms with E-state index in [1.807, 2.05) is 17.8 Å². The van der Waals surface area contributed by atoms with Crippen molar-refractivity contribution < 1.29 is 4.79 Å². The van der Waals surface area contributed by atoms with Gasteiger partial charge in [0.05, 0.1) is 22.1 Å². The first-order chi connectivity index (χ1) is 9.54. The summed E-state index contributed by atoms with van der Waals surface area (Å²) in [7, 11) is 1.90. The van der Waals surface area contributed by atoms with Crippen LogP contribution in [0.1, 0.15) is 5.69 Å². The quantitative estimate of drug-likeness (QED) is 0.911. The van der Waals surface area contributed by atoms with Crippen molar-refractivity contribution in [2.75, 3.05) is 11.9 Å². The van der Waals surface area contributed by atoms with Crippen LogP contribution in [0.25, 0.3) is 0 Å². The van der Waals surface area contributed by atoms with Crippen LogP contribution in [0.2, 0.25) is 10.0 Å². The lowest BCUT2D eigenvalue weighted by Gasteiger charge is -2.07. The minimum atomic E-state index is -0.292. The van der Waals surface area contributed by atoms with E-state index in [1.165, 1.54) is 0 Å². The number of urea groups is 1. The number of hydrogen-bond donors (Lipinski definition) is 2. The van der Waals surface area contributed by atoms with E-state index in [1.54, 1.807) is 24.5 Å². The smallest absolute Gasteiger partial charge is 0.319 e. The monoisotopic (exact) mass is 312 g/mol.